The van der Waals surface area contributed by atoms with E-state index < -0.39 is 18.4 Å². The third-order valence-corrected chi connectivity index (χ3v) is 6.13. The first-order chi connectivity index (χ1) is 23.6. The molecule has 0 aromatic heterocycles. The van der Waals surface area contributed by atoms with Crippen LogP contribution >= 0.6 is 0 Å². The van der Waals surface area contributed by atoms with Gasteiger partial charge in [0.15, 0.2) is 6.29 Å². The van der Waals surface area contributed by atoms with Crippen LogP contribution in [-0.2, 0) is 61.6 Å². The fourth-order valence-electron chi connectivity index (χ4n) is 3.80. The van der Waals surface area contributed by atoms with Gasteiger partial charge in [-0.3, -0.25) is 4.79 Å². The molecule has 1 aliphatic heterocycles. The summed E-state index contributed by atoms with van der Waals surface area (Å²) < 4.78 is 70.1. The SMILES string of the molecule is COCCOCCOCCOCCOCC1COC(c2ccc(OCCOCCOCCOCCNC(=O)OCCOC(C)=O)cc2)O1. The summed E-state index contributed by atoms with van der Waals surface area (Å²) >= 11 is 0. The molecule has 1 heterocycles. The van der Waals surface area contributed by atoms with E-state index in [-0.39, 0.29) is 19.3 Å². The van der Waals surface area contributed by atoms with Crippen LogP contribution in [0.15, 0.2) is 24.3 Å². The van der Waals surface area contributed by atoms with Gasteiger partial charge in [-0.05, 0) is 12.1 Å². The number of esters is 1. The van der Waals surface area contributed by atoms with Crippen LogP contribution in [0, 0.1) is 0 Å². The Balaban J connectivity index is 1.35. The number of carbonyl (C=O) groups is 2. The normalized spacial score (nSPS) is 15.8. The van der Waals surface area contributed by atoms with Gasteiger partial charge in [0.2, 0.25) is 0 Å². The molecule has 1 aromatic carbocycles. The van der Waals surface area contributed by atoms with Crippen LogP contribution in [-0.4, -0.2) is 157 Å². The highest BCUT2D eigenvalue weighted by Crippen LogP contribution is 2.28. The van der Waals surface area contributed by atoms with Crippen LogP contribution < -0.4 is 10.1 Å². The third-order valence-electron chi connectivity index (χ3n) is 6.13. The van der Waals surface area contributed by atoms with E-state index in [4.69, 9.17) is 56.8 Å². The number of hydrogen-bond donors (Lipinski definition) is 1. The molecule has 1 fully saturated rings. The van der Waals surface area contributed by atoms with Gasteiger partial charge in [0.1, 0.15) is 31.7 Å². The smallest absolute Gasteiger partial charge is 0.407 e. The molecule has 1 amide bonds. The molecule has 2 atom stereocenters. The first kappa shape index (κ1) is 41.5. The molecule has 0 spiro atoms. The van der Waals surface area contributed by atoms with Gasteiger partial charge in [-0.1, -0.05) is 12.1 Å². The summed E-state index contributed by atoms with van der Waals surface area (Å²) in [6, 6.07) is 7.57. The van der Waals surface area contributed by atoms with Crippen LogP contribution in [0.3, 0.4) is 0 Å². The van der Waals surface area contributed by atoms with Crippen LogP contribution in [0.1, 0.15) is 18.8 Å². The Hall–Kier alpha value is -2.64. The molecule has 1 aromatic rings. The second-order valence-corrected chi connectivity index (χ2v) is 9.99. The first-order valence-corrected chi connectivity index (χ1v) is 16.2. The lowest BCUT2D eigenvalue weighted by molar-refractivity contribution is -0.141. The molecule has 2 rings (SSSR count). The first-order valence-electron chi connectivity index (χ1n) is 16.2. The maximum Gasteiger partial charge on any atom is 0.407 e. The zero-order valence-corrected chi connectivity index (χ0v) is 28.2. The van der Waals surface area contributed by atoms with E-state index in [0.29, 0.717) is 119 Å². The van der Waals surface area contributed by atoms with Crippen molar-refractivity contribution < 1.29 is 71.2 Å². The zero-order valence-electron chi connectivity index (χ0n) is 28.2. The number of benzene rings is 1. The van der Waals surface area contributed by atoms with E-state index in [1.54, 1.807) is 7.11 Å². The average molecular weight is 692 g/mol. The maximum absolute atomic E-state index is 11.4. The summed E-state index contributed by atoms with van der Waals surface area (Å²) in [4.78, 5) is 22.0. The molecule has 276 valence electrons. The monoisotopic (exact) mass is 691 g/mol. The van der Waals surface area contributed by atoms with Crippen molar-refractivity contribution in [3.63, 3.8) is 0 Å². The summed E-state index contributed by atoms with van der Waals surface area (Å²) in [7, 11) is 1.64. The Morgan fingerprint density at radius 1 is 0.667 bits per heavy atom. The minimum absolute atomic E-state index is 0.00366. The van der Waals surface area contributed by atoms with E-state index in [0.717, 1.165) is 11.3 Å². The molecule has 0 saturated carbocycles. The highest BCUT2D eigenvalue weighted by molar-refractivity contribution is 5.67. The van der Waals surface area contributed by atoms with Crippen molar-refractivity contribution in [2.24, 2.45) is 0 Å². The second kappa shape index (κ2) is 29.3. The van der Waals surface area contributed by atoms with E-state index in [2.05, 4.69) is 10.1 Å². The lowest BCUT2D eigenvalue weighted by Gasteiger charge is -2.13. The largest absolute Gasteiger partial charge is 0.491 e. The number of methoxy groups -OCH3 is 1. The summed E-state index contributed by atoms with van der Waals surface area (Å²) in [5.41, 5.74) is 0.904. The van der Waals surface area contributed by atoms with Crippen molar-refractivity contribution in [1.29, 1.82) is 0 Å². The van der Waals surface area contributed by atoms with Gasteiger partial charge < -0.3 is 66.9 Å². The Bertz CT molecular complexity index is 923. The molecular weight excluding hydrogens is 638 g/mol. The van der Waals surface area contributed by atoms with Crippen molar-refractivity contribution in [3.8, 4) is 5.75 Å². The topological polar surface area (TPSA) is 166 Å². The Morgan fingerprint density at radius 2 is 1.19 bits per heavy atom. The molecule has 0 bridgehead atoms. The van der Waals surface area contributed by atoms with E-state index >= 15 is 0 Å². The minimum atomic E-state index is -0.599. The number of nitrogens with one attached hydrogen (secondary N) is 1. The molecule has 48 heavy (non-hydrogen) atoms. The Kier molecular flexibility index (Phi) is 25.3. The van der Waals surface area contributed by atoms with Gasteiger partial charge in [0.05, 0.1) is 106 Å². The molecule has 0 aliphatic carbocycles. The predicted octanol–water partition coefficient (Wildman–Crippen LogP) is 1.53. The summed E-state index contributed by atoms with van der Waals surface area (Å²) in [6.07, 6.45) is -1.19. The lowest BCUT2D eigenvalue weighted by Crippen LogP contribution is -2.29. The number of rotatable bonds is 31. The van der Waals surface area contributed by atoms with Crippen LogP contribution in [0.2, 0.25) is 0 Å². The minimum Gasteiger partial charge on any atom is -0.491 e. The molecule has 1 N–H and O–H groups in total. The summed E-state index contributed by atoms with van der Waals surface area (Å²) in [6.45, 7) is 9.42. The number of alkyl carbamates (subject to hydrolysis) is 1. The van der Waals surface area contributed by atoms with E-state index in [9.17, 15) is 9.59 Å². The summed E-state index contributed by atoms with van der Waals surface area (Å²) in [5, 5.41) is 2.53. The van der Waals surface area contributed by atoms with Crippen molar-refractivity contribution in [2.45, 2.75) is 19.3 Å². The van der Waals surface area contributed by atoms with Gasteiger partial charge in [0.25, 0.3) is 0 Å². The van der Waals surface area contributed by atoms with Crippen molar-refractivity contribution in [1.82, 2.24) is 5.32 Å². The predicted molar refractivity (Wildman–Crippen MR) is 169 cm³/mol. The van der Waals surface area contributed by atoms with Crippen molar-refractivity contribution in [3.05, 3.63) is 29.8 Å². The zero-order chi connectivity index (χ0) is 34.3. The fraction of sp³-hybridized carbons (Fsp3) is 0.750. The number of carbonyl (C=O) groups excluding carboxylic acids is 2. The Labute approximate surface area is 282 Å². The van der Waals surface area contributed by atoms with Gasteiger partial charge in [-0.15, -0.1) is 0 Å². The molecule has 16 nitrogen and oxygen atoms in total. The average Bonchev–Trinajstić information content (AvgIpc) is 3.56. The van der Waals surface area contributed by atoms with Gasteiger partial charge >= 0.3 is 12.1 Å². The van der Waals surface area contributed by atoms with E-state index in [1.807, 2.05) is 24.3 Å². The Morgan fingerprint density at radius 3 is 1.77 bits per heavy atom. The van der Waals surface area contributed by atoms with Crippen LogP contribution in [0.4, 0.5) is 4.79 Å². The fourth-order valence-corrected chi connectivity index (χ4v) is 3.80. The standard InChI is InChI=1S/C32H53NO15/c1-27(34)44-23-24-46-32(35)33-7-8-37-11-12-39-17-18-42-21-22-45-29-5-3-28(4-6-29)31-47-26-30(48-31)25-43-20-19-41-16-15-40-14-13-38-10-9-36-2/h3-6,30-31H,7-26H2,1-2H3,(H,33,35). The number of hydrogen-bond acceptors (Lipinski definition) is 15. The maximum atomic E-state index is 11.4. The number of amides is 1. The van der Waals surface area contributed by atoms with Crippen molar-refractivity contribution in [2.75, 3.05) is 139 Å². The molecule has 1 saturated heterocycles. The van der Waals surface area contributed by atoms with Crippen LogP contribution in [0.25, 0.3) is 0 Å². The molecule has 16 heteroatoms. The van der Waals surface area contributed by atoms with Gasteiger partial charge in [-0.25, -0.2) is 4.79 Å². The lowest BCUT2D eigenvalue weighted by atomic mass is 10.2. The molecule has 0 radical (unpaired) electrons. The van der Waals surface area contributed by atoms with Gasteiger partial charge in [0, 0.05) is 26.1 Å². The molecule has 1 aliphatic rings. The third kappa shape index (κ3) is 22.8. The van der Waals surface area contributed by atoms with Crippen molar-refractivity contribution >= 4 is 12.1 Å². The highest BCUT2D eigenvalue weighted by atomic mass is 16.7. The van der Waals surface area contributed by atoms with Gasteiger partial charge in [-0.2, -0.15) is 0 Å². The molecular formula is C32H53NO15. The number of ether oxygens (including phenoxy) is 13. The van der Waals surface area contributed by atoms with E-state index in [1.165, 1.54) is 6.92 Å². The second-order valence-electron chi connectivity index (χ2n) is 9.99. The van der Waals surface area contributed by atoms with Crippen LogP contribution in [0.5, 0.6) is 5.75 Å². The molecule has 2 unspecified atom stereocenters. The summed E-state index contributed by atoms with van der Waals surface area (Å²) in [5.74, 6) is 0.297. The quantitative estimate of drug-likeness (QED) is 0.0879. The highest BCUT2D eigenvalue weighted by Gasteiger charge is 2.27.